The van der Waals surface area contributed by atoms with E-state index in [2.05, 4.69) is 0 Å². The van der Waals surface area contributed by atoms with Gasteiger partial charge < -0.3 is 9.84 Å². The van der Waals surface area contributed by atoms with Gasteiger partial charge in [-0.15, -0.1) is 0 Å². The van der Waals surface area contributed by atoms with Gasteiger partial charge in [-0.25, -0.2) is 0 Å². The van der Waals surface area contributed by atoms with Gasteiger partial charge in [-0.3, -0.25) is 9.36 Å². The summed E-state index contributed by atoms with van der Waals surface area (Å²) in [6, 6.07) is 9.15. The summed E-state index contributed by atoms with van der Waals surface area (Å²) in [6.07, 6.45) is -0.645. The minimum Gasteiger partial charge on any atom is -0.392 e. The average molecular weight is 233 g/mol. The first kappa shape index (κ1) is 11.8. The molecule has 4 nitrogen and oxygen atoms in total. The molecule has 0 aliphatic heterocycles. The maximum atomic E-state index is 12.0. The predicted molar refractivity (Wildman–Crippen MR) is 66.1 cm³/mol. The Morgan fingerprint density at radius 2 is 2.12 bits per heavy atom. The minimum absolute atomic E-state index is 0.165. The quantitative estimate of drug-likeness (QED) is 0.873. The van der Waals surface area contributed by atoms with E-state index in [1.165, 1.54) is 11.7 Å². The van der Waals surface area contributed by atoms with E-state index >= 15 is 0 Å². The zero-order valence-electron chi connectivity index (χ0n) is 9.88. The highest BCUT2D eigenvalue weighted by Crippen LogP contribution is 2.19. The number of rotatable bonds is 3. The van der Waals surface area contributed by atoms with Crippen molar-refractivity contribution in [2.75, 3.05) is 13.7 Å². The number of ether oxygens (including phenoxy) is 1. The number of para-hydroxylation sites is 1. The predicted octanol–water partition coefficient (Wildman–Crippen LogP) is 1.45. The molecule has 0 radical (unpaired) electrons. The van der Waals surface area contributed by atoms with Crippen molar-refractivity contribution < 1.29 is 9.84 Å². The second-order valence-corrected chi connectivity index (χ2v) is 3.93. The van der Waals surface area contributed by atoms with Crippen molar-refractivity contribution in [3.63, 3.8) is 0 Å². The minimum atomic E-state index is -0.645. The topological polar surface area (TPSA) is 51.5 Å². The van der Waals surface area contributed by atoms with Crippen molar-refractivity contribution >= 4 is 10.9 Å². The van der Waals surface area contributed by atoms with E-state index in [0.717, 1.165) is 16.5 Å². The molecule has 0 amide bonds. The Morgan fingerprint density at radius 3 is 2.76 bits per heavy atom. The van der Waals surface area contributed by atoms with Gasteiger partial charge in [-0.2, -0.15) is 0 Å². The lowest BCUT2D eigenvalue weighted by Gasteiger charge is -2.19. The van der Waals surface area contributed by atoms with Crippen LogP contribution in [0.3, 0.4) is 0 Å². The van der Waals surface area contributed by atoms with E-state index in [1.807, 2.05) is 31.2 Å². The summed E-state index contributed by atoms with van der Waals surface area (Å²) in [4.78, 5) is 12.0. The Bertz CT molecular complexity index is 585. The van der Waals surface area contributed by atoms with Crippen LogP contribution in [0.25, 0.3) is 10.9 Å². The van der Waals surface area contributed by atoms with Crippen LogP contribution in [0.4, 0.5) is 0 Å². The highest BCUT2D eigenvalue weighted by molar-refractivity contribution is 5.82. The van der Waals surface area contributed by atoms with Crippen molar-refractivity contribution in [2.45, 2.75) is 13.2 Å². The number of aryl methyl sites for hydroxylation is 1. The number of methoxy groups -OCH3 is 1. The van der Waals surface area contributed by atoms with Gasteiger partial charge in [0, 0.05) is 18.6 Å². The fraction of sp³-hybridized carbons (Fsp3) is 0.308. The van der Waals surface area contributed by atoms with Crippen LogP contribution in [0.5, 0.6) is 0 Å². The molecule has 0 saturated carbocycles. The number of pyridine rings is 1. The fourth-order valence-corrected chi connectivity index (χ4v) is 2.03. The molecule has 1 aromatic carbocycles. The summed E-state index contributed by atoms with van der Waals surface area (Å²) in [5.74, 6) is 0. The van der Waals surface area contributed by atoms with Crippen molar-refractivity contribution in [1.82, 2.24) is 4.57 Å². The number of nitrogens with zero attached hydrogens (tertiary/aromatic N) is 1. The van der Waals surface area contributed by atoms with E-state index in [1.54, 1.807) is 6.07 Å². The Labute approximate surface area is 99.1 Å². The van der Waals surface area contributed by atoms with Crippen LogP contribution in [-0.4, -0.2) is 23.4 Å². The lowest BCUT2D eigenvalue weighted by Crippen LogP contribution is -2.28. The first-order valence-electron chi connectivity index (χ1n) is 5.43. The fourth-order valence-electron chi connectivity index (χ4n) is 2.03. The second-order valence-electron chi connectivity index (χ2n) is 3.93. The van der Waals surface area contributed by atoms with Gasteiger partial charge in [0.15, 0.2) is 6.23 Å². The number of aromatic nitrogens is 1. The lowest BCUT2D eigenvalue weighted by molar-refractivity contribution is -0.00180. The maximum absolute atomic E-state index is 12.0. The Hall–Kier alpha value is -1.65. The number of hydrogen-bond acceptors (Lipinski definition) is 3. The molecule has 1 heterocycles. The number of hydrogen-bond donors (Lipinski definition) is 1. The van der Waals surface area contributed by atoms with Crippen LogP contribution >= 0.6 is 0 Å². The molecule has 1 N–H and O–H groups in total. The zero-order valence-corrected chi connectivity index (χ0v) is 9.88. The molecule has 1 atom stereocenters. The number of aliphatic hydroxyl groups is 1. The Morgan fingerprint density at radius 1 is 1.41 bits per heavy atom. The summed E-state index contributed by atoms with van der Waals surface area (Å²) >= 11 is 0. The smallest absolute Gasteiger partial charge is 0.253 e. The van der Waals surface area contributed by atoms with Gasteiger partial charge in [0.05, 0.1) is 12.1 Å². The third kappa shape index (κ3) is 1.97. The van der Waals surface area contributed by atoms with Crippen molar-refractivity contribution in [1.29, 1.82) is 0 Å². The molecular formula is C13H15NO3. The third-order valence-corrected chi connectivity index (χ3v) is 2.88. The monoisotopic (exact) mass is 233 g/mol. The van der Waals surface area contributed by atoms with Gasteiger partial charge >= 0.3 is 0 Å². The first-order chi connectivity index (χ1) is 8.19. The van der Waals surface area contributed by atoms with E-state index in [-0.39, 0.29) is 12.2 Å². The molecule has 2 aromatic rings. The molecule has 0 aliphatic rings. The number of fused-ring (bicyclic) bond motifs is 1. The largest absolute Gasteiger partial charge is 0.392 e. The number of benzene rings is 1. The van der Waals surface area contributed by atoms with E-state index in [4.69, 9.17) is 4.74 Å². The maximum Gasteiger partial charge on any atom is 0.253 e. The SMILES string of the molecule is COC(CO)n1c(=O)cc(C)c2ccccc21. The van der Waals surface area contributed by atoms with Gasteiger partial charge in [0.1, 0.15) is 0 Å². The van der Waals surface area contributed by atoms with Gasteiger partial charge in [-0.05, 0) is 18.6 Å². The van der Waals surface area contributed by atoms with Crippen LogP contribution < -0.4 is 5.56 Å². The molecular weight excluding hydrogens is 218 g/mol. The summed E-state index contributed by atoms with van der Waals surface area (Å²) in [7, 11) is 1.47. The molecule has 4 heteroatoms. The normalized spacial score (nSPS) is 12.9. The lowest BCUT2D eigenvalue weighted by atomic mass is 10.1. The van der Waals surface area contributed by atoms with Crippen LogP contribution in [0.2, 0.25) is 0 Å². The molecule has 0 aliphatic carbocycles. The van der Waals surface area contributed by atoms with E-state index in [0.29, 0.717) is 0 Å². The van der Waals surface area contributed by atoms with Gasteiger partial charge in [0.2, 0.25) is 0 Å². The molecule has 0 fully saturated rings. The van der Waals surface area contributed by atoms with Crippen LogP contribution in [-0.2, 0) is 4.74 Å². The Balaban J connectivity index is 2.82. The highest BCUT2D eigenvalue weighted by atomic mass is 16.5. The van der Waals surface area contributed by atoms with Crippen molar-refractivity contribution in [3.05, 3.63) is 46.2 Å². The molecule has 90 valence electrons. The van der Waals surface area contributed by atoms with Crippen LogP contribution in [0.15, 0.2) is 35.1 Å². The molecule has 1 aromatic heterocycles. The summed E-state index contributed by atoms with van der Waals surface area (Å²) < 4.78 is 6.60. The van der Waals surface area contributed by atoms with Crippen molar-refractivity contribution in [2.24, 2.45) is 0 Å². The van der Waals surface area contributed by atoms with Crippen LogP contribution in [0.1, 0.15) is 11.8 Å². The molecule has 2 rings (SSSR count). The van der Waals surface area contributed by atoms with E-state index < -0.39 is 6.23 Å². The molecule has 17 heavy (non-hydrogen) atoms. The standard InChI is InChI=1S/C13H15NO3/c1-9-7-12(16)14(13(8-15)17-2)11-6-4-3-5-10(9)11/h3-7,13,15H,8H2,1-2H3. The molecule has 1 unspecified atom stereocenters. The first-order valence-corrected chi connectivity index (χ1v) is 5.43. The third-order valence-electron chi connectivity index (χ3n) is 2.88. The summed E-state index contributed by atoms with van der Waals surface area (Å²) in [5.41, 5.74) is 1.54. The molecule has 0 spiro atoms. The highest BCUT2D eigenvalue weighted by Gasteiger charge is 2.14. The van der Waals surface area contributed by atoms with Gasteiger partial charge in [0.25, 0.3) is 5.56 Å². The van der Waals surface area contributed by atoms with Crippen molar-refractivity contribution in [3.8, 4) is 0 Å². The Kier molecular flexibility index (Phi) is 3.26. The van der Waals surface area contributed by atoms with E-state index in [9.17, 15) is 9.90 Å². The number of aliphatic hydroxyl groups excluding tert-OH is 1. The summed E-state index contributed by atoms with van der Waals surface area (Å²) in [6.45, 7) is 1.66. The van der Waals surface area contributed by atoms with Crippen LogP contribution in [0, 0.1) is 6.92 Å². The molecule has 0 saturated heterocycles. The summed E-state index contributed by atoms with van der Waals surface area (Å²) in [5, 5.41) is 10.2. The zero-order chi connectivity index (χ0) is 12.4. The molecule has 0 bridgehead atoms. The average Bonchev–Trinajstić information content (AvgIpc) is 2.34. The van der Waals surface area contributed by atoms with Gasteiger partial charge in [-0.1, -0.05) is 18.2 Å². The second kappa shape index (κ2) is 4.69.